The number of hydrogen-bond acceptors (Lipinski definition) is 4. The van der Waals surface area contributed by atoms with Gasteiger partial charge in [0.05, 0.1) is 11.2 Å². The predicted octanol–water partition coefficient (Wildman–Crippen LogP) is 4.16. The number of thiazole rings is 1. The van der Waals surface area contributed by atoms with Crippen LogP contribution in [0.2, 0.25) is 5.02 Å². The van der Waals surface area contributed by atoms with Gasteiger partial charge in [0.25, 0.3) is 0 Å². The van der Waals surface area contributed by atoms with Crippen LogP contribution in [0.4, 0.5) is 0 Å². The number of ketones is 1. The van der Waals surface area contributed by atoms with Crippen molar-refractivity contribution in [3.05, 3.63) is 50.9 Å². The summed E-state index contributed by atoms with van der Waals surface area (Å²) in [6, 6.07) is 7.05. The fourth-order valence-electron chi connectivity index (χ4n) is 3.24. The number of likely N-dealkylation sites (tertiary alicyclic amines) is 1. The Morgan fingerprint density at radius 3 is 2.96 bits per heavy atom. The van der Waals surface area contributed by atoms with E-state index in [4.69, 9.17) is 11.6 Å². The van der Waals surface area contributed by atoms with Gasteiger partial charge in [0.1, 0.15) is 0 Å². The number of benzene rings is 1. The van der Waals surface area contributed by atoms with Gasteiger partial charge in [-0.1, -0.05) is 23.7 Å². The van der Waals surface area contributed by atoms with Gasteiger partial charge in [-0.3, -0.25) is 9.59 Å². The highest BCUT2D eigenvalue weighted by molar-refractivity contribution is 7.09. The minimum atomic E-state index is -0.138. The standard InChI is InChI=1S/C19H21ClN2O2S/c1-13-17(25-12-21-13)7-8-18(23)22-9-3-5-15(11-22)19(24)14-4-2-6-16(20)10-14/h2,4,6,10,12,15H,3,5,7-9,11H2,1H3/t15-/m1/s1. The Bertz CT molecular complexity index is 774. The Morgan fingerprint density at radius 2 is 2.24 bits per heavy atom. The Morgan fingerprint density at radius 1 is 1.40 bits per heavy atom. The smallest absolute Gasteiger partial charge is 0.222 e. The minimum absolute atomic E-state index is 0.0818. The summed E-state index contributed by atoms with van der Waals surface area (Å²) >= 11 is 7.58. The van der Waals surface area contributed by atoms with Gasteiger partial charge in [0, 0.05) is 40.9 Å². The average Bonchev–Trinajstić information content (AvgIpc) is 3.04. The Labute approximate surface area is 156 Å². The summed E-state index contributed by atoms with van der Waals surface area (Å²) in [6.07, 6.45) is 2.88. The molecule has 0 N–H and O–H groups in total. The van der Waals surface area contributed by atoms with Crippen molar-refractivity contribution < 1.29 is 9.59 Å². The number of Topliss-reactive ketones (excluding diaryl/α,β-unsaturated/α-hetero) is 1. The van der Waals surface area contributed by atoms with Gasteiger partial charge in [-0.25, -0.2) is 4.98 Å². The molecule has 0 saturated carbocycles. The molecule has 0 radical (unpaired) electrons. The molecule has 0 aliphatic carbocycles. The topological polar surface area (TPSA) is 50.3 Å². The molecule has 1 fully saturated rings. The molecular weight excluding hydrogens is 356 g/mol. The van der Waals surface area contributed by atoms with E-state index in [9.17, 15) is 9.59 Å². The van der Waals surface area contributed by atoms with E-state index in [-0.39, 0.29) is 17.6 Å². The molecule has 25 heavy (non-hydrogen) atoms. The summed E-state index contributed by atoms with van der Waals surface area (Å²) < 4.78 is 0. The van der Waals surface area contributed by atoms with Crippen molar-refractivity contribution in [2.75, 3.05) is 13.1 Å². The van der Waals surface area contributed by atoms with E-state index < -0.39 is 0 Å². The van der Waals surface area contributed by atoms with Gasteiger partial charge in [-0.15, -0.1) is 11.3 Å². The van der Waals surface area contributed by atoms with Crippen LogP contribution in [0.3, 0.4) is 0 Å². The van der Waals surface area contributed by atoms with E-state index in [0.717, 1.165) is 36.4 Å². The highest BCUT2D eigenvalue weighted by Crippen LogP contribution is 2.23. The molecule has 6 heteroatoms. The van der Waals surface area contributed by atoms with Gasteiger partial charge in [-0.05, 0) is 38.3 Å². The summed E-state index contributed by atoms with van der Waals surface area (Å²) in [5.74, 6) is 0.0657. The molecule has 1 aliphatic heterocycles. The molecule has 0 unspecified atom stereocenters. The molecule has 1 saturated heterocycles. The lowest BCUT2D eigenvalue weighted by molar-refractivity contribution is -0.132. The van der Waals surface area contributed by atoms with Crippen LogP contribution in [0.1, 0.15) is 40.2 Å². The van der Waals surface area contributed by atoms with Crippen LogP contribution in [0, 0.1) is 12.8 Å². The van der Waals surface area contributed by atoms with Crippen molar-refractivity contribution in [3.63, 3.8) is 0 Å². The fraction of sp³-hybridized carbons (Fsp3) is 0.421. The summed E-state index contributed by atoms with van der Waals surface area (Å²) in [6.45, 7) is 3.21. The molecule has 2 heterocycles. The number of rotatable bonds is 5. The number of aryl methyl sites for hydroxylation is 2. The monoisotopic (exact) mass is 376 g/mol. The summed E-state index contributed by atoms with van der Waals surface area (Å²) in [5, 5.41) is 0.564. The first-order valence-electron chi connectivity index (χ1n) is 8.51. The largest absolute Gasteiger partial charge is 0.342 e. The number of carbonyl (C=O) groups excluding carboxylic acids is 2. The second-order valence-corrected chi connectivity index (χ2v) is 7.79. The molecule has 4 nitrogen and oxygen atoms in total. The van der Waals surface area contributed by atoms with E-state index in [2.05, 4.69) is 4.98 Å². The summed E-state index contributed by atoms with van der Waals surface area (Å²) in [5.41, 5.74) is 3.45. The lowest BCUT2D eigenvalue weighted by atomic mass is 9.90. The zero-order chi connectivity index (χ0) is 17.8. The van der Waals surface area contributed by atoms with Gasteiger partial charge in [0.15, 0.2) is 5.78 Å². The second kappa shape index (κ2) is 8.11. The number of carbonyl (C=O) groups is 2. The van der Waals surface area contributed by atoms with Crippen LogP contribution >= 0.6 is 22.9 Å². The molecule has 1 aliphatic rings. The Hall–Kier alpha value is -1.72. The maximum atomic E-state index is 12.7. The second-order valence-electron chi connectivity index (χ2n) is 6.41. The van der Waals surface area contributed by atoms with Crippen LogP contribution in [0.15, 0.2) is 29.8 Å². The quantitative estimate of drug-likeness (QED) is 0.736. The van der Waals surface area contributed by atoms with E-state index in [0.29, 0.717) is 23.6 Å². The molecule has 0 bridgehead atoms. The van der Waals surface area contributed by atoms with Crippen LogP contribution in [-0.4, -0.2) is 34.7 Å². The third kappa shape index (κ3) is 4.47. The SMILES string of the molecule is Cc1ncsc1CCC(=O)N1CCC[C@@H](C(=O)c2cccc(Cl)c2)C1. The molecule has 2 aromatic rings. The van der Waals surface area contributed by atoms with Crippen LogP contribution < -0.4 is 0 Å². The maximum Gasteiger partial charge on any atom is 0.222 e. The van der Waals surface area contributed by atoms with Gasteiger partial charge >= 0.3 is 0 Å². The highest BCUT2D eigenvalue weighted by atomic mass is 35.5. The van der Waals surface area contributed by atoms with Crippen molar-refractivity contribution in [1.29, 1.82) is 0 Å². The van der Waals surface area contributed by atoms with Crippen LogP contribution in [0.25, 0.3) is 0 Å². The zero-order valence-electron chi connectivity index (χ0n) is 14.2. The van der Waals surface area contributed by atoms with Crippen molar-refractivity contribution >= 4 is 34.6 Å². The lowest BCUT2D eigenvalue weighted by Crippen LogP contribution is -2.42. The third-order valence-electron chi connectivity index (χ3n) is 4.66. The van der Waals surface area contributed by atoms with Crippen LogP contribution in [-0.2, 0) is 11.2 Å². The van der Waals surface area contributed by atoms with E-state index in [1.165, 1.54) is 0 Å². The first kappa shape index (κ1) is 18.1. The van der Waals surface area contributed by atoms with Crippen molar-refractivity contribution in [2.45, 2.75) is 32.6 Å². The fourth-order valence-corrected chi connectivity index (χ4v) is 4.21. The molecule has 1 amide bonds. The van der Waals surface area contributed by atoms with Crippen molar-refractivity contribution in [2.24, 2.45) is 5.92 Å². The van der Waals surface area contributed by atoms with Crippen molar-refractivity contribution in [1.82, 2.24) is 9.88 Å². The molecular formula is C19H21ClN2O2S. The summed E-state index contributed by atoms with van der Waals surface area (Å²) in [4.78, 5) is 32.5. The molecule has 1 atom stereocenters. The molecule has 132 valence electrons. The van der Waals surface area contributed by atoms with E-state index >= 15 is 0 Å². The highest BCUT2D eigenvalue weighted by Gasteiger charge is 2.29. The molecule has 1 aromatic carbocycles. The lowest BCUT2D eigenvalue weighted by Gasteiger charge is -2.32. The number of amides is 1. The number of halogens is 1. The Balaban J connectivity index is 1.59. The first-order chi connectivity index (χ1) is 12.0. The van der Waals surface area contributed by atoms with E-state index in [1.807, 2.05) is 17.3 Å². The van der Waals surface area contributed by atoms with Gasteiger partial charge in [0.2, 0.25) is 5.91 Å². The zero-order valence-corrected chi connectivity index (χ0v) is 15.8. The number of hydrogen-bond donors (Lipinski definition) is 0. The average molecular weight is 377 g/mol. The molecule has 1 aromatic heterocycles. The normalized spacial score (nSPS) is 17.5. The number of piperidine rings is 1. The molecule has 3 rings (SSSR count). The summed E-state index contributed by atoms with van der Waals surface area (Å²) in [7, 11) is 0. The number of nitrogens with zero attached hydrogens (tertiary/aromatic N) is 2. The predicted molar refractivity (Wildman–Crippen MR) is 100 cm³/mol. The van der Waals surface area contributed by atoms with E-state index in [1.54, 1.807) is 35.6 Å². The van der Waals surface area contributed by atoms with Gasteiger partial charge in [-0.2, -0.15) is 0 Å². The van der Waals surface area contributed by atoms with Crippen LogP contribution in [0.5, 0.6) is 0 Å². The number of aromatic nitrogens is 1. The van der Waals surface area contributed by atoms with Crippen molar-refractivity contribution in [3.8, 4) is 0 Å². The molecule has 0 spiro atoms. The first-order valence-corrected chi connectivity index (χ1v) is 9.77. The third-order valence-corrected chi connectivity index (χ3v) is 5.89. The Kier molecular flexibility index (Phi) is 5.86. The van der Waals surface area contributed by atoms with Gasteiger partial charge < -0.3 is 4.90 Å². The minimum Gasteiger partial charge on any atom is -0.342 e. The maximum absolute atomic E-state index is 12.7.